The van der Waals surface area contributed by atoms with Gasteiger partial charge < -0.3 is 9.80 Å². The number of nitrogens with zero attached hydrogens (tertiary/aromatic N) is 2. The maximum Gasteiger partial charge on any atom is 0.238 e. The first-order valence-corrected chi connectivity index (χ1v) is 9.65. The number of carbonyl (C=O) groups excluding carboxylic acids is 2. The molecule has 1 atom stereocenters. The molecule has 0 bridgehead atoms. The van der Waals surface area contributed by atoms with Gasteiger partial charge >= 0.3 is 0 Å². The molecule has 2 aromatic carbocycles. The topological polar surface area (TPSA) is 40.6 Å². The normalized spacial score (nSPS) is 18.5. The first-order chi connectivity index (χ1) is 13.0. The van der Waals surface area contributed by atoms with Gasteiger partial charge in [-0.25, -0.2) is 0 Å². The third-order valence-electron chi connectivity index (χ3n) is 5.57. The van der Waals surface area contributed by atoms with Gasteiger partial charge in [0, 0.05) is 32.7 Å². The number of hydrogen-bond acceptors (Lipinski definition) is 2. The lowest BCUT2D eigenvalue weighted by Gasteiger charge is -2.30. The van der Waals surface area contributed by atoms with Gasteiger partial charge in [0.25, 0.3) is 0 Å². The maximum absolute atomic E-state index is 13.4. The third-order valence-corrected chi connectivity index (χ3v) is 5.57. The third kappa shape index (κ3) is 3.61. The van der Waals surface area contributed by atoms with Gasteiger partial charge in [0.1, 0.15) is 0 Å². The van der Waals surface area contributed by atoms with Gasteiger partial charge in [-0.3, -0.25) is 9.59 Å². The summed E-state index contributed by atoms with van der Waals surface area (Å²) in [5.41, 5.74) is 2.09. The fourth-order valence-electron chi connectivity index (χ4n) is 3.98. The van der Waals surface area contributed by atoms with Gasteiger partial charge in [-0.05, 0) is 30.0 Å². The second-order valence-electron chi connectivity index (χ2n) is 7.47. The monoisotopic (exact) mass is 364 g/mol. The molecule has 0 unspecified atom stereocenters. The molecular weight excluding hydrogens is 336 g/mol. The molecule has 0 saturated carbocycles. The molecule has 2 amide bonds. The van der Waals surface area contributed by atoms with Gasteiger partial charge in [0.2, 0.25) is 11.8 Å². The summed E-state index contributed by atoms with van der Waals surface area (Å²) in [7, 11) is 3.64. The molecule has 4 heteroatoms. The van der Waals surface area contributed by atoms with Crippen molar-refractivity contribution in [3.05, 3.63) is 65.7 Å². The summed E-state index contributed by atoms with van der Waals surface area (Å²) < 4.78 is 0. The summed E-state index contributed by atoms with van der Waals surface area (Å²) in [4.78, 5) is 29.9. The molecule has 1 aliphatic heterocycles. The molecular formula is C23H28N2O2. The second-order valence-corrected chi connectivity index (χ2v) is 7.47. The Morgan fingerprint density at radius 2 is 1.74 bits per heavy atom. The standard InChI is InChI=1S/C23H28N2O2/c1-4-5-15-24(2)21(26)17-23(16-18-11-7-6-8-12-18)19-13-9-10-14-20(19)25(3)22(23)27/h6-14H,4-5,15-17H2,1-3H3/t23-/m0/s1. The van der Waals surface area contributed by atoms with E-state index in [0.717, 1.165) is 36.2 Å². The number of fused-ring (bicyclic) bond motifs is 1. The van der Waals surface area contributed by atoms with Crippen LogP contribution in [0.25, 0.3) is 0 Å². The number of anilines is 1. The van der Waals surface area contributed by atoms with Crippen LogP contribution in [0.1, 0.15) is 37.3 Å². The lowest BCUT2D eigenvalue weighted by Crippen LogP contribution is -2.45. The Morgan fingerprint density at radius 3 is 2.44 bits per heavy atom. The number of likely N-dealkylation sites (N-methyl/N-ethyl adjacent to an activating group) is 1. The predicted molar refractivity (Wildman–Crippen MR) is 109 cm³/mol. The van der Waals surface area contributed by atoms with E-state index in [2.05, 4.69) is 6.92 Å². The number of benzene rings is 2. The van der Waals surface area contributed by atoms with Crippen LogP contribution in [0.2, 0.25) is 0 Å². The summed E-state index contributed by atoms with van der Waals surface area (Å²) in [5, 5.41) is 0. The number of hydrogen-bond donors (Lipinski definition) is 0. The van der Waals surface area contributed by atoms with Gasteiger partial charge in [-0.2, -0.15) is 0 Å². The SMILES string of the molecule is CCCCN(C)C(=O)C[C@]1(Cc2ccccc2)C(=O)N(C)c2ccccc21. The quantitative estimate of drug-likeness (QED) is 0.750. The molecule has 27 heavy (non-hydrogen) atoms. The van der Waals surface area contributed by atoms with Crippen molar-refractivity contribution >= 4 is 17.5 Å². The first-order valence-electron chi connectivity index (χ1n) is 9.65. The molecule has 142 valence electrons. The van der Waals surface area contributed by atoms with Crippen molar-refractivity contribution in [2.24, 2.45) is 0 Å². The highest BCUT2D eigenvalue weighted by Gasteiger charge is 2.51. The van der Waals surface area contributed by atoms with E-state index in [1.54, 1.807) is 16.8 Å². The molecule has 1 heterocycles. The zero-order valence-electron chi connectivity index (χ0n) is 16.4. The summed E-state index contributed by atoms with van der Waals surface area (Å²) in [5.74, 6) is 0.0302. The Hall–Kier alpha value is -2.62. The summed E-state index contributed by atoms with van der Waals surface area (Å²) in [6, 6.07) is 17.8. The number of amides is 2. The Bertz CT molecular complexity index is 818. The van der Waals surface area contributed by atoms with Crippen molar-refractivity contribution in [3.63, 3.8) is 0 Å². The smallest absolute Gasteiger partial charge is 0.238 e. The van der Waals surface area contributed by atoms with Crippen molar-refractivity contribution in [2.45, 2.75) is 38.0 Å². The van der Waals surface area contributed by atoms with Gasteiger partial charge in [-0.15, -0.1) is 0 Å². The minimum atomic E-state index is -0.843. The number of carbonyl (C=O) groups is 2. The van der Waals surface area contributed by atoms with Crippen molar-refractivity contribution in [3.8, 4) is 0 Å². The zero-order valence-corrected chi connectivity index (χ0v) is 16.4. The molecule has 0 aromatic heterocycles. The molecule has 0 radical (unpaired) electrons. The fraction of sp³-hybridized carbons (Fsp3) is 0.391. The van der Waals surface area contributed by atoms with E-state index in [4.69, 9.17) is 0 Å². The van der Waals surface area contributed by atoms with Crippen LogP contribution >= 0.6 is 0 Å². The van der Waals surface area contributed by atoms with E-state index in [-0.39, 0.29) is 18.2 Å². The first kappa shape index (κ1) is 19.2. The fourth-order valence-corrected chi connectivity index (χ4v) is 3.98. The molecule has 0 N–H and O–H groups in total. The van der Waals surface area contributed by atoms with E-state index in [1.165, 1.54) is 0 Å². The molecule has 1 aliphatic rings. The van der Waals surface area contributed by atoms with Crippen LogP contribution in [-0.4, -0.2) is 37.4 Å². The Kier molecular flexibility index (Phi) is 5.64. The van der Waals surface area contributed by atoms with Crippen molar-refractivity contribution in [1.29, 1.82) is 0 Å². The molecule has 2 aromatic rings. The minimum Gasteiger partial charge on any atom is -0.346 e. The molecule has 0 saturated heterocycles. The number of unbranched alkanes of at least 4 members (excludes halogenated alkanes) is 1. The largest absolute Gasteiger partial charge is 0.346 e. The van der Waals surface area contributed by atoms with E-state index in [9.17, 15) is 9.59 Å². The van der Waals surface area contributed by atoms with Gasteiger partial charge in [0.05, 0.1) is 5.41 Å². The van der Waals surface area contributed by atoms with Crippen LogP contribution in [-0.2, 0) is 21.4 Å². The molecule has 3 rings (SSSR count). The molecule has 0 fully saturated rings. The summed E-state index contributed by atoms with van der Waals surface area (Å²) in [6.07, 6.45) is 2.74. The highest BCUT2D eigenvalue weighted by atomic mass is 16.2. The Labute approximate surface area is 161 Å². The predicted octanol–water partition coefficient (Wildman–Crippen LogP) is 3.79. The van der Waals surface area contributed by atoms with Crippen LogP contribution in [0.3, 0.4) is 0 Å². The van der Waals surface area contributed by atoms with E-state index in [0.29, 0.717) is 6.42 Å². The number of para-hydroxylation sites is 1. The van der Waals surface area contributed by atoms with E-state index in [1.807, 2.05) is 61.6 Å². The lowest BCUT2D eigenvalue weighted by atomic mass is 9.73. The second kappa shape index (κ2) is 7.95. The van der Waals surface area contributed by atoms with Crippen LogP contribution in [0.4, 0.5) is 5.69 Å². The van der Waals surface area contributed by atoms with Crippen molar-refractivity contribution < 1.29 is 9.59 Å². The van der Waals surface area contributed by atoms with Gasteiger partial charge in [0.15, 0.2) is 0 Å². The highest BCUT2D eigenvalue weighted by Crippen LogP contribution is 2.45. The van der Waals surface area contributed by atoms with Gasteiger partial charge in [-0.1, -0.05) is 61.9 Å². The van der Waals surface area contributed by atoms with Crippen LogP contribution in [0.15, 0.2) is 54.6 Å². The van der Waals surface area contributed by atoms with Crippen LogP contribution < -0.4 is 4.90 Å². The Balaban J connectivity index is 2.00. The van der Waals surface area contributed by atoms with Crippen molar-refractivity contribution in [2.75, 3.05) is 25.5 Å². The molecule has 0 aliphatic carbocycles. The lowest BCUT2D eigenvalue weighted by molar-refractivity contribution is -0.135. The Morgan fingerprint density at radius 1 is 1.07 bits per heavy atom. The number of rotatable bonds is 7. The minimum absolute atomic E-state index is 0.00444. The average molecular weight is 364 g/mol. The summed E-state index contributed by atoms with van der Waals surface area (Å²) >= 11 is 0. The highest BCUT2D eigenvalue weighted by molar-refractivity contribution is 6.09. The van der Waals surface area contributed by atoms with E-state index < -0.39 is 5.41 Å². The summed E-state index contributed by atoms with van der Waals surface area (Å²) in [6.45, 7) is 2.84. The van der Waals surface area contributed by atoms with E-state index >= 15 is 0 Å². The van der Waals surface area contributed by atoms with Crippen molar-refractivity contribution in [1.82, 2.24) is 4.90 Å². The average Bonchev–Trinajstić information content (AvgIpc) is 2.89. The molecule has 4 nitrogen and oxygen atoms in total. The zero-order chi connectivity index (χ0) is 19.4. The van der Waals surface area contributed by atoms with Crippen LogP contribution in [0, 0.1) is 0 Å². The van der Waals surface area contributed by atoms with Crippen LogP contribution in [0.5, 0.6) is 0 Å². The molecule has 0 spiro atoms. The maximum atomic E-state index is 13.4.